The van der Waals surface area contributed by atoms with Crippen LogP contribution in [-0.4, -0.2) is 45.7 Å². The second-order valence-electron chi connectivity index (χ2n) is 5.08. The molecule has 0 saturated heterocycles. The Morgan fingerprint density at radius 2 is 2.00 bits per heavy atom. The van der Waals surface area contributed by atoms with Gasteiger partial charge in [-0.2, -0.15) is 0 Å². The summed E-state index contributed by atoms with van der Waals surface area (Å²) in [4.78, 5) is 0. The van der Waals surface area contributed by atoms with Gasteiger partial charge in [-0.05, 0) is 32.7 Å². The van der Waals surface area contributed by atoms with Crippen LogP contribution in [0.15, 0.2) is 0 Å². The van der Waals surface area contributed by atoms with Crippen LogP contribution in [-0.2, 0) is 14.6 Å². The molecule has 1 saturated carbocycles. The van der Waals surface area contributed by atoms with Crippen LogP contribution in [0.2, 0.25) is 0 Å². The van der Waals surface area contributed by atoms with Crippen LogP contribution in [0, 0.1) is 0 Å². The average Bonchev–Trinajstić information content (AvgIpc) is 2.67. The van der Waals surface area contributed by atoms with Crippen molar-refractivity contribution in [2.75, 3.05) is 25.2 Å². The first-order valence-electron chi connectivity index (χ1n) is 6.50. The molecule has 0 heterocycles. The van der Waals surface area contributed by atoms with E-state index in [0.717, 1.165) is 19.6 Å². The first kappa shape index (κ1) is 14.9. The van der Waals surface area contributed by atoms with E-state index < -0.39 is 9.84 Å². The van der Waals surface area contributed by atoms with Crippen LogP contribution in [0.1, 0.15) is 39.0 Å². The molecule has 0 aromatic carbocycles. The van der Waals surface area contributed by atoms with Gasteiger partial charge in [0.1, 0.15) is 9.84 Å². The van der Waals surface area contributed by atoms with E-state index in [1.807, 2.05) is 6.92 Å². The van der Waals surface area contributed by atoms with Gasteiger partial charge in [-0.3, -0.25) is 0 Å². The van der Waals surface area contributed by atoms with Crippen molar-refractivity contribution in [3.05, 3.63) is 0 Å². The van der Waals surface area contributed by atoms with E-state index in [-0.39, 0.29) is 11.8 Å². The molecule has 0 aromatic heterocycles. The highest BCUT2D eigenvalue weighted by Gasteiger charge is 2.14. The molecule has 0 bridgehead atoms. The molecule has 1 aliphatic rings. The first-order chi connectivity index (χ1) is 7.97. The van der Waals surface area contributed by atoms with Gasteiger partial charge in [0.15, 0.2) is 0 Å². The lowest BCUT2D eigenvalue weighted by atomic mass is 10.3. The van der Waals surface area contributed by atoms with E-state index in [2.05, 4.69) is 5.32 Å². The van der Waals surface area contributed by atoms with E-state index in [1.165, 1.54) is 31.9 Å². The molecule has 0 aromatic rings. The molecule has 0 radical (unpaired) electrons. The van der Waals surface area contributed by atoms with Crippen molar-refractivity contribution in [1.82, 2.24) is 5.32 Å². The van der Waals surface area contributed by atoms with Gasteiger partial charge in [-0.1, -0.05) is 12.8 Å². The highest BCUT2D eigenvalue weighted by molar-refractivity contribution is 7.90. The van der Waals surface area contributed by atoms with Gasteiger partial charge in [0, 0.05) is 18.9 Å². The topological polar surface area (TPSA) is 55.4 Å². The second-order valence-corrected chi connectivity index (χ2v) is 7.26. The van der Waals surface area contributed by atoms with Crippen molar-refractivity contribution in [2.45, 2.75) is 51.2 Å². The molecule has 4 nitrogen and oxygen atoms in total. The van der Waals surface area contributed by atoms with E-state index in [1.54, 1.807) is 0 Å². The predicted octanol–water partition coefficient (Wildman–Crippen LogP) is 1.36. The number of rotatable bonds is 8. The van der Waals surface area contributed by atoms with Gasteiger partial charge < -0.3 is 10.1 Å². The Hall–Kier alpha value is -0.130. The minimum atomic E-state index is -2.87. The highest BCUT2D eigenvalue weighted by Crippen LogP contribution is 2.20. The Labute approximate surface area is 105 Å². The first-order valence-corrected chi connectivity index (χ1v) is 8.56. The fraction of sp³-hybridized carbons (Fsp3) is 1.00. The van der Waals surface area contributed by atoms with E-state index >= 15 is 0 Å². The Kier molecular flexibility index (Phi) is 6.44. The lowest BCUT2D eigenvalue weighted by molar-refractivity contribution is 0.0567. The maximum absolute atomic E-state index is 11.0. The van der Waals surface area contributed by atoms with Gasteiger partial charge in [-0.15, -0.1) is 0 Å². The summed E-state index contributed by atoms with van der Waals surface area (Å²) < 4.78 is 27.8. The average molecular weight is 263 g/mol. The van der Waals surface area contributed by atoms with E-state index in [0.29, 0.717) is 6.10 Å². The second kappa shape index (κ2) is 7.34. The fourth-order valence-electron chi connectivity index (χ4n) is 2.24. The minimum absolute atomic E-state index is 0.0245. The zero-order valence-corrected chi connectivity index (χ0v) is 11.8. The predicted molar refractivity (Wildman–Crippen MR) is 70.0 cm³/mol. The molecule has 1 atom stereocenters. The highest BCUT2D eigenvalue weighted by atomic mass is 32.2. The molecular weight excluding hydrogens is 238 g/mol. The van der Waals surface area contributed by atoms with Gasteiger partial charge in [0.25, 0.3) is 0 Å². The SMILES string of the molecule is CC(CS(C)(=O)=O)NCCCOC1CCCC1. The lowest BCUT2D eigenvalue weighted by Gasteiger charge is -2.14. The third-order valence-corrected chi connectivity index (χ3v) is 4.13. The number of sulfone groups is 1. The molecule has 17 heavy (non-hydrogen) atoms. The Bertz CT molecular complexity index is 297. The van der Waals surface area contributed by atoms with Crippen LogP contribution in [0.4, 0.5) is 0 Å². The maximum atomic E-state index is 11.0. The summed E-state index contributed by atoms with van der Waals surface area (Å²) in [6, 6.07) is 0.0245. The molecule has 1 N–H and O–H groups in total. The van der Waals surface area contributed by atoms with Crippen molar-refractivity contribution < 1.29 is 13.2 Å². The van der Waals surface area contributed by atoms with Gasteiger partial charge in [0.05, 0.1) is 11.9 Å². The van der Waals surface area contributed by atoms with Gasteiger partial charge in [-0.25, -0.2) is 8.42 Å². The quantitative estimate of drug-likeness (QED) is 0.672. The van der Waals surface area contributed by atoms with Crippen LogP contribution in [0.5, 0.6) is 0 Å². The zero-order valence-electron chi connectivity index (χ0n) is 10.9. The number of hydrogen-bond acceptors (Lipinski definition) is 4. The van der Waals surface area contributed by atoms with E-state index in [9.17, 15) is 8.42 Å². The fourth-order valence-corrected chi connectivity index (χ4v) is 3.26. The Morgan fingerprint density at radius 3 is 2.59 bits per heavy atom. The maximum Gasteiger partial charge on any atom is 0.148 e. The molecule has 0 spiro atoms. The summed E-state index contributed by atoms with van der Waals surface area (Å²) in [5.74, 6) is 0.205. The lowest BCUT2D eigenvalue weighted by Crippen LogP contribution is -2.33. The van der Waals surface area contributed by atoms with E-state index in [4.69, 9.17) is 4.74 Å². The monoisotopic (exact) mass is 263 g/mol. The van der Waals surface area contributed by atoms with Crippen molar-refractivity contribution in [1.29, 1.82) is 0 Å². The number of hydrogen-bond donors (Lipinski definition) is 1. The standard InChI is InChI=1S/C12H25NO3S/c1-11(10-17(2,14)15)13-8-5-9-16-12-6-3-4-7-12/h11-13H,3-10H2,1-2H3. The normalized spacial score (nSPS) is 19.6. The summed E-state index contributed by atoms with van der Waals surface area (Å²) in [6.07, 6.45) is 7.71. The Morgan fingerprint density at radius 1 is 1.35 bits per heavy atom. The van der Waals surface area contributed by atoms with Gasteiger partial charge in [0.2, 0.25) is 0 Å². The van der Waals surface area contributed by atoms with Crippen molar-refractivity contribution >= 4 is 9.84 Å². The molecule has 1 rings (SSSR count). The summed E-state index contributed by atoms with van der Waals surface area (Å²) in [5.41, 5.74) is 0. The van der Waals surface area contributed by atoms with Crippen LogP contribution in [0.25, 0.3) is 0 Å². The molecule has 5 heteroatoms. The third-order valence-electron chi connectivity index (χ3n) is 3.02. The molecule has 1 aliphatic carbocycles. The summed E-state index contributed by atoms with van der Waals surface area (Å²) in [6.45, 7) is 3.51. The van der Waals surface area contributed by atoms with Crippen LogP contribution in [0.3, 0.4) is 0 Å². The number of nitrogens with one attached hydrogen (secondary N) is 1. The van der Waals surface area contributed by atoms with Crippen molar-refractivity contribution in [3.8, 4) is 0 Å². The van der Waals surface area contributed by atoms with Crippen molar-refractivity contribution in [2.24, 2.45) is 0 Å². The van der Waals surface area contributed by atoms with Gasteiger partial charge >= 0.3 is 0 Å². The minimum Gasteiger partial charge on any atom is -0.378 e. The van der Waals surface area contributed by atoms with Crippen LogP contribution < -0.4 is 5.32 Å². The van der Waals surface area contributed by atoms with Crippen molar-refractivity contribution in [3.63, 3.8) is 0 Å². The summed E-state index contributed by atoms with van der Waals surface area (Å²) >= 11 is 0. The zero-order chi connectivity index (χ0) is 12.7. The largest absolute Gasteiger partial charge is 0.378 e. The molecule has 102 valence electrons. The molecule has 0 amide bonds. The Balaban J connectivity index is 1.96. The third kappa shape index (κ3) is 7.73. The molecule has 0 aliphatic heterocycles. The summed E-state index contributed by atoms with van der Waals surface area (Å²) in [5, 5.41) is 3.21. The molecular formula is C12H25NO3S. The molecule has 1 unspecified atom stereocenters. The molecule has 1 fully saturated rings. The number of ether oxygens (including phenoxy) is 1. The smallest absolute Gasteiger partial charge is 0.148 e. The summed E-state index contributed by atoms with van der Waals surface area (Å²) in [7, 11) is -2.87. The van der Waals surface area contributed by atoms with Crippen LogP contribution >= 0.6 is 0 Å².